The van der Waals surface area contributed by atoms with E-state index in [1.807, 2.05) is 0 Å². The molecule has 0 aromatic heterocycles. The van der Waals surface area contributed by atoms with E-state index >= 15 is 0 Å². The molecule has 3 aliphatic rings. The zero-order valence-electron chi connectivity index (χ0n) is 7.76. The van der Waals surface area contributed by atoms with Gasteiger partial charge in [0.2, 0.25) is 0 Å². The third-order valence-corrected chi connectivity index (χ3v) is 3.90. The molecule has 0 saturated carbocycles. The molecular weight excluding hydrogens is 150 g/mol. The van der Waals surface area contributed by atoms with Crippen LogP contribution in [0.15, 0.2) is 11.1 Å². The Morgan fingerprint density at radius 3 is 2.67 bits per heavy atom. The van der Waals surface area contributed by atoms with Gasteiger partial charge in [0.15, 0.2) is 0 Å². The molecule has 1 aliphatic carbocycles. The smallest absolute Gasteiger partial charge is 0.0645 e. The van der Waals surface area contributed by atoms with E-state index in [4.69, 9.17) is 4.74 Å². The molecule has 2 nitrogen and oxygen atoms in total. The molecule has 0 aromatic carbocycles. The zero-order valence-corrected chi connectivity index (χ0v) is 7.76. The van der Waals surface area contributed by atoms with Crippen LogP contribution in [0.1, 0.15) is 13.8 Å². The highest BCUT2D eigenvalue weighted by molar-refractivity contribution is 5.51. The molecule has 1 unspecified atom stereocenters. The fourth-order valence-electron chi connectivity index (χ4n) is 2.53. The van der Waals surface area contributed by atoms with Crippen molar-refractivity contribution in [2.24, 2.45) is 5.41 Å². The first kappa shape index (κ1) is 7.10. The topological polar surface area (TPSA) is 12.5 Å². The van der Waals surface area contributed by atoms with Crippen molar-refractivity contribution in [2.45, 2.75) is 19.9 Å². The molecule has 2 heteroatoms. The van der Waals surface area contributed by atoms with E-state index in [1.165, 1.54) is 13.1 Å². The van der Waals surface area contributed by atoms with Crippen molar-refractivity contribution in [3.8, 4) is 0 Å². The summed E-state index contributed by atoms with van der Waals surface area (Å²) in [6.07, 6.45) is 0. The van der Waals surface area contributed by atoms with Crippen LogP contribution in [0.4, 0.5) is 0 Å². The molecule has 2 aliphatic heterocycles. The van der Waals surface area contributed by atoms with E-state index in [2.05, 4.69) is 18.7 Å². The van der Waals surface area contributed by atoms with E-state index in [9.17, 15) is 0 Å². The summed E-state index contributed by atoms with van der Waals surface area (Å²) in [6.45, 7) is 9.05. The van der Waals surface area contributed by atoms with Gasteiger partial charge in [-0.2, -0.15) is 0 Å². The van der Waals surface area contributed by atoms with Gasteiger partial charge in [-0.05, 0) is 12.5 Å². The van der Waals surface area contributed by atoms with Crippen molar-refractivity contribution in [1.29, 1.82) is 0 Å². The van der Waals surface area contributed by atoms with Crippen LogP contribution in [0, 0.1) is 5.41 Å². The predicted molar refractivity (Wildman–Crippen MR) is 47.0 cm³/mol. The molecule has 1 atom stereocenters. The Morgan fingerprint density at radius 2 is 2.25 bits per heavy atom. The van der Waals surface area contributed by atoms with E-state index in [-0.39, 0.29) is 0 Å². The lowest BCUT2D eigenvalue weighted by molar-refractivity contribution is -0.0593. The Balaban J connectivity index is 1.73. The Kier molecular flexibility index (Phi) is 1.15. The second-order valence-corrected chi connectivity index (χ2v) is 4.53. The first-order chi connectivity index (χ1) is 5.72. The Hall–Kier alpha value is -0.340. The summed E-state index contributed by atoms with van der Waals surface area (Å²) in [5.74, 6) is 0. The van der Waals surface area contributed by atoms with Crippen LogP contribution in [0.2, 0.25) is 0 Å². The van der Waals surface area contributed by atoms with Crippen LogP contribution in [0.25, 0.3) is 0 Å². The maximum Gasteiger partial charge on any atom is 0.0645 e. The minimum atomic E-state index is 0.510. The fraction of sp³-hybridized carbons (Fsp3) is 0.800. The number of rotatable bonds is 1. The summed E-state index contributed by atoms with van der Waals surface area (Å²) in [6, 6.07) is 0.731. The fourth-order valence-corrected chi connectivity index (χ4v) is 2.53. The maximum atomic E-state index is 5.20. The Labute approximate surface area is 73.2 Å². The second kappa shape index (κ2) is 1.94. The highest BCUT2D eigenvalue weighted by Gasteiger charge is 2.54. The van der Waals surface area contributed by atoms with Gasteiger partial charge in [-0.25, -0.2) is 0 Å². The summed E-state index contributed by atoms with van der Waals surface area (Å²) in [5, 5.41) is 0. The van der Waals surface area contributed by atoms with Gasteiger partial charge in [0, 0.05) is 18.5 Å². The van der Waals surface area contributed by atoms with Crippen LogP contribution in [-0.4, -0.2) is 37.2 Å². The van der Waals surface area contributed by atoms with Gasteiger partial charge in [0.1, 0.15) is 0 Å². The molecule has 2 fully saturated rings. The van der Waals surface area contributed by atoms with Gasteiger partial charge in [0.25, 0.3) is 0 Å². The largest absolute Gasteiger partial charge is 0.378 e. The van der Waals surface area contributed by atoms with Crippen LogP contribution < -0.4 is 0 Å². The van der Waals surface area contributed by atoms with Gasteiger partial charge in [-0.1, -0.05) is 12.5 Å². The van der Waals surface area contributed by atoms with Gasteiger partial charge in [-0.15, -0.1) is 0 Å². The molecule has 2 saturated heterocycles. The first-order valence-corrected chi connectivity index (χ1v) is 4.74. The van der Waals surface area contributed by atoms with Gasteiger partial charge in [0.05, 0.1) is 19.3 Å². The molecule has 0 spiro atoms. The second-order valence-electron chi connectivity index (χ2n) is 4.53. The van der Waals surface area contributed by atoms with Crippen molar-refractivity contribution >= 4 is 0 Å². The summed E-state index contributed by atoms with van der Waals surface area (Å²) >= 11 is 0. The first-order valence-electron chi connectivity index (χ1n) is 4.74. The predicted octanol–water partition coefficient (Wildman–Crippen LogP) is 1.04. The van der Waals surface area contributed by atoms with Crippen molar-refractivity contribution in [1.82, 2.24) is 4.90 Å². The third kappa shape index (κ3) is 0.679. The minimum Gasteiger partial charge on any atom is -0.378 e. The highest BCUT2D eigenvalue weighted by atomic mass is 16.5. The molecule has 0 bridgehead atoms. The molecule has 2 heterocycles. The Morgan fingerprint density at radius 1 is 1.50 bits per heavy atom. The normalized spacial score (nSPS) is 41.5. The number of likely N-dealkylation sites (tertiary alicyclic amines) is 1. The minimum absolute atomic E-state index is 0.510. The summed E-state index contributed by atoms with van der Waals surface area (Å²) in [4.78, 5) is 2.58. The number of ether oxygens (including phenoxy) is 1. The molecule has 0 aromatic rings. The number of nitrogens with zero attached hydrogens (tertiary/aromatic N) is 1. The monoisotopic (exact) mass is 165 g/mol. The van der Waals surface area contributed by atoms with E-state index in [0.717, 1.165) is 19.3 Å². The molecule has 0 amide bonds. The van der Waals surface area contributed by atoms with Gasteiger partial charge >= 0.3 is 0 Å². The van der Waals surface area contributed by atoms with E-state index in [1.54, 1.807) is 11.1 Å². The van der Waals surface area contributed by atoms with Gasteiger partial charge < -0.3 is 4.74 Å². The van der Waals surface area contributed by atoms with Crippen LogP contribution in [0.3, 0.4) is 0 Å². The average molecular weight is 165 g/mol. The lowest BCUT2D eigenvalue weighted by Crippen LogP contribution is -2.48. The van der Waals surface area contributed by atoms with Gasteiger partial charge in [-0.3, -0.25) is 4.90 Å². The van der Waals surface area contributed by atoms with Crippen LogP contribution in [-0.2, 0) is 4.74 Å². The van der Waals surface area contributed by atoms with Crippen molar-refractivity contribution < 1.29 is 4.74 Å². The summed E-state index contributed by atoms with van der Waals surface area (Å²) < 4.78 is 5.20. The molecule has 12 heavy (non-hydrogen) atoms. The van der Waals surface area contributed by atoms with E-state index < -0.39 is 0 Å². The number of hydrogen-bond acceptors (Lipinski definition) is 2. The van der Waals surface area contributed by atoms with Crippen molar-refractivity contribution in [3.63, 3.8) is 0 Å². The number of fused-ring (bicyclic) bond motifs is 1. The maximum absolute atomic E-state index is 5.20. The SMILES string of the molecule is CC1=C2CN(C3COC3)CC12C. The molecular formula is C10H15NO. The molecule has 0 radical (unpaired) electrons. The quantitative estimate of drug-likeness (QED) is 0.538. The van der Waals surface area contributed by atoms with Crippen molar-refractivity contribution in [2.75, 3.05) is 26.3 Å². The van der Waals surface area contributed by atoms with E-state index in [0.29, 0.717) is 5.41 Å². The zero-order chi connectivity index (χ0) is 8.34. The Bertz CT molecular complexity index is 267. The highest BCUT2D eigenvalue weighted by Crippen LogP contribution is 2.57. The summed E-state index contributed by atoms with van der Waals surface area (Å²) in [7, 11) is 0. The van der Waals surface area contributed by atoms with Crippen LogP contribution in [0.5, 0.6) is 0 Å². The van der Waals surface area contributed by atoms with Crippen molar-refractivity contribution in [3.05, 3.63) is 11.1 Å². The molecule has 3 rings (SSSR count). The van der Waals surface area contributed by atoms with Crippen LogP contribution >= 0.6 is 0 Å². The summed E-state index contributed by atoms with van der Waals surface area (Å²) in [5.41, 5.74) is 3.86. The standard InChI is InChI=1S/C10H15NO/c1-7-9-3-11(6-10(7,9)2)8-4-12-5-8/h8H,3-6H2,1-2H3. The average Bonchev–Trinajstić information content (AvgIpc) is 2.36. The lowest BCUT2D eigenvalue weighted by atomic mass is 10.0. The third-order valence-electron chi connectivity index (χ3n) is 3.90. The molecule has 66 valence electrons. The molecule has 0 N–H and O–H groups in total. The number of hydrogen-bond donors (Lipinski definition) is 0. The lowest BCUT2D eigenvalue weighted by Gasteiger charge is -2.35.